The van der Waals surface area contributed by atoms with Crippen LogP contribution in [0.15, 0.2) is 38.0 Å². The maximum absolute atomic E-state index is 3.25. The van der Waals surface area contributed by atoms with Crippen LogP contribution in [0.25, 0.3) is 0 Å². The molecule has 0 aromatic carbocycles. The first-order chi connectivity index (χ1) is 5.24. The van der Waals surface area contributed by atoms with Gasteiger partial charge >= 0.3 is 31.5 Å². The van der Waals surface area contributed by atoms with E-state index in [1.54, 1.807) is 0 Å². The molecule has 0 saturated heterocycles. The molecule has 0 aliphatic heterocycles. The Bertz CT molecular complexity index is 46.3. The molecule has 0 bridgehead atoms. The summed E-state index contributed by atoms with van der Waals surface area (Å²) in [4.78, 5) is 0. The third kappa shape index (κ3) is 1090000. The third-order valence-corrected chi connectivity index (χ3v) is 0. The van der Waals surface area contributed by atoms with E-state index >= 15 is 0 Å². The summed E-state index contributed by atoms with van der Waals surface area (Å²) in [6, 6.07) is 0. The van der Waals surface area contributed by atoms with E-state index in [4.69, 9.17) is 0 Å². The number of rotatable bonds is 0. The topological polar surface area (TPSA) is 0 Å². The van der Waals surface area contributed by atoms with Gasteiger partial charge in [-0.1, -0.05) is 0 Å². The fourth-order valence-corrected chi connectivity index (χ4v) is 0. The quantitative estimate of drug-likeness (QED) is 0.453. The van der Waals surface area contributed by atoms with E-state index in [-0.39, 0.29) is 0 Å². The minimum absolute atomic E-state index is 1.50. The van der Waals surface area contributed by atoms with Crippen LogP contribution in [0.3, 0.4) is 0 Å². The minimum atomic E-state index is 1.50. The molecular formula is C9H15BrTi. The normalized spacial score (nSPS) is 3.91. The second-order valence-electron chi connectivity index (χ2n) is 0.866. The first-order valence-electron chi connectivity index (χ1n) is 2.64. The van der Waals surface area contributed by atoms with Crippen molar-refractivity contribution < 1.29 is 18.3 Å². The number of allylic oxidation sites excluding steroid dienone is 3. The van der Waals surface area contributed by atoms with Gasteiger partial charge in [-0.3, -0.25) is 0 Å². The van der Waals surface area contributed by atoms with Crippen molar-refractivity contribution in [3.05, 3.63) is 58.7 Å². The van der Waals surface area contributed by atoms with Gasteiger partial charge in [-0.25, -0.2) is 58.7 Å². The monoisotopic (exact) mass is 250 g/mol. The van der Waals surface area contributed by atoms with Crippen LogP contribution in [-0.2, 0) is 18.3 Å². The molecule has 0 unspecified atom stereocenters. The van der Waals surface area contributed by atoms with Gasteiger partial charge in [0.15, 0.2) is 0 Å². The summed E-state index contributed by atoms with van der Waals surface area (Å²) >= 11 is 4.75. The van der Waals surface area contributed by atoms with Gasteiger partial charge in [0, 0.05) is 0 Å². The molecular weight excluding hydrogens is 236 g/mol. The molecule has 0 aromatic rings. The van der Waals surface area contributed by atoms with E-state index in [1.165, 1.54) is 18.2 Å². The first kappa shape index (κ1) is 22.5. The summed E-state index contributed by atoms with van der Waals surface area (Å²) < 4.78 is 0. The third-order valence-electron chi connectivity index (χ3n) is 0. The van der Waals surface area contributed by atoms with Crippen molar-refractivity contribution in [2.24, 2.45) is 0 Å². The summed E-state index contributed by atoms with van der Waals surface area (Å²) in [5.74, 6) is 0. The molecule has 0 rings (SSSR count). The SMILES string of the molecule is C=C[CH2-].C=C[CH2-].C=C[CH2-].[Ti+3][Br]. The number of halogens is 1. The summed E-state index contributed by atoms with van der Waals surface area (Å²) in [5, 5.41) is 0. The Hall–Kier alpha value is 0.0243. The van der Waals surface area contributed by atoms with Crippen LogP contribution in [0.1, 0.15) is 0 Å². The molecule has 0 nitrogen and oxygen atoms in total. The first-order valence-corrected chi connectivity index (χ1v) is 6.50. The Labute approximate surface area is 89.9 Å². The molecule has 11 heavy (non-hydrogen) atoms. The van der Waals surface area contributed by atoms with Crippen molar-refractivity contribution in [1.82, 2.24) is 0 Å². The van der Waals surface area contributed by atoms with Gasteiger partial charge in [0.1, 0.15) is 0 Å². The van der Waals surface area contributed by atoms with E-state index in [2.05, 4.69) is 53.7 Å². The van der Waals surface area contributed by atoms with Crippen LogP contribution < -0.4 is 0 Å². The molecule has 0 aromatic heterocycles. The molecule has 0 N–H and O–H groups in total. The van der Waals surface area contributed by atoms with Crippen LogP contribution in [0.4, 0.5) is 0 Å². The number of hydrogen-bond acceptors (Lipinski definition) is 0. The van der Waals surface area contributed by atoms with E-state index in [0.29, 0.717) is 0 Å². The zero-order valence-electron chi connectivity index (χ0n) is 6.85. The van der Waals surface area contributed by atoms with Crippen LogP contribution in [-0.4, -0.2) is 0 Å². The van der Waals surface area contributed by atoms with Gasteiger partial charge in [-0.05, 0) is 0 Å². The standard InChI is InChI=1S/3C3H5.BrH.Ti/c3*1-3-2;;/h3*3H,1-2H2;1H;/q3*-1;;+4/p-1. The molecule has 0 fully saturated rings. The summed E-state index contributed by atoms with van der Waals surface area (Å²) in [6.45, 7) is 19.5. The van der Waals surface area contributed by atoms with E-state index in [0.717, 1.165) is 0 Å². The fourth-order valence-electron chi connectivity index (χ4n) is 0. The predicted octanol–water partition coefficient (Wildman–Crippen LogP) is 3.86. The molecule has 0 amide bonds. The molecule has 2 heteroatoms. The average Bonchev–Trinajstić information content (AvgIpc) is 1.96. The zero-order chi connectivity index (χ0) is 10.1. The Morgan fingerprint density at radius 1 is 0.818 bits per heavy atom. The van der Waals surface area contributed by atoms with Gasteiger partial charge in [0.05, 0.1) is 0 Å². The molecule has 0 aliphatic carbocycles. The predicted molar refractivity (Wildman–Crippen MR) is 55.6 cm³/mol. The Morgan fingerprint density at radius 2 is 0.818 bits per heavy atom. The fraction of sp³-hybridized carbons (Fsp3) is 0. The van der Waals surface area contributed by atoms with Crippen molar-refractivity contribution in [1.29, 1.82) is 0 Å². The summed E-state index contributed by atoms with van der Waals surface area (Å²) in [7, 11) is 0. The van der Waals surface area contributed by atoms with Gasteiger partial charge < -0.3 is 0 Å². The van der Waals surface area contributed by atoms with Crippen LogP contribution in [0, 0.1) is 20.8 Å². The molecule has 0 spiro atoms. The molecule has 0 heterocycles. The van der Waals surface area contributed by atoms with E-state index < -0.39 is 0 Å². The van der Waals surface area contributed by atoms with Crippen molar-refractivity contribution in [3.63, 3.8) is 0 Å². The zero-order valence-corrected chi connectivity index (χ0v) is 10.0. The van der Waals surface area contributed by atoms with Crippen molar-refractivity contribution in [3.8, 4) is 0 Å². The second kappa shape index (κ2) is 89.3. The Balaban J connectivity index is -0.0000000301. The maximum atomic E-state index is 3.25. The van der Waals surface area contributed by atoms with Gasteiger partial charge in [0.25, 0.3) is 0 Å². The van der Waals surface area contributed by atoms with Crippen molar-refractivity contribution in [2.45, 2.75) is 0 Å². The molecule has 0 atom stereocenters. The molecule has 0 saturated carbocycles. The van der Waals surface area contributed by atoms with Crippen LogP contribution >= 0.6 is 13.2 Å². The molecule has 62 valence electrons. The van der Waals surface area contributed by atoms with E-state index in [1.807, 2.05) is 18.3 Å². The molecule has 0 radical (unpaired) electrons. The number of hydrogen-bond donors (Lipinski definition) is 0. The Kier molecular flexibility index (Phi) is 182. The van der Waals surface area contributed by atoms with Crippen LogP contribution in [0.5, 0.6) is 0 Å². The van der Waals surface area contributed by atoms with Crippen molar-refractivity contribution in [2.75, 3.05) is 0 Å². The average molecular weight is 251 g/mol. The van der Waals surface area contributed by atoms with Gasteiger partial charge in [0.2, 0.25) is 0 Å². The van der Waals surface area contributed by atoms with Gasteiger partial charge in [-0.2, -0.15) is 0 Å². The van der Waals surface area contributed by atoms with Gasteiger partial charge in [-0.15, -0.1) is 0 Å². The summed E-state index contributed by atoms with van der Waals surface area (Å²) in [5.41, 5.74) is 0. The second-order valence-corrected chi connectivity index (χ2v) is 0.866. The Morgan fingerprint density at radius 3 is 0.818 bits per heavy atom. The van der Waals surface area contributed by atoms with E-state index in [9.17, 15) is 0 Å². The molecule has 0 aliphatic rings. The van der Waals surface area contributed by atoms with Crippen molar-refractivity contribution >= 4 is 13.2 Å². The van der Waals surface area contributed by atoms with Crippen LogP contribution in [0.2, 0.25) is 0 Å². The summed E-state index contributed by atoms with van der Waals surface area (Å²) in [6.07, 6.45) is 4.50.